The predicted octanol–water partition coefficient (Wildman–Crippen LogP) is 6.88. The summed E-state index contributed by atoms with van der Waals surface area (Å²) in [6.45, 7) is 5.78. The van der Waals surface area contributed by atoms with Crippen LogP contribution < -0.4 is 4.90 Å². The monoisotopic (exact) mass is 533 g/mol. The fourth-order valence-corrected chi connectivity index (χ4v) is 5.16. The van der Waals surface area contributed by atoms with E-state index in [-0.39, 0.29) is 18.4 Å². The van der Waals surface area contributed by atoms with Crippen LogP contribution in [-0.2, 0) is 27.2 Å². The van der Waals surface area contributed by atoms with E-state index >= 15 is 0 Å². The summed E-state index contributed by atoms with van der Waals surface area (Å²) in [6, 6.07) is 27.4. The van der Waals surface area contributed by atoms with Crippen LogP contribution in [-0.4, -0.2) is 34.0 Å². The van der Waals surface area contributed by atoms with Crippen molar-refractivity contribution >= 4 is 39.1 Å². The first-order chi connectivity index (χ1) is 19.4. The molecule has 204 valence electrons. The number of amides is 1. The van der Waals surface area contributed by atoms with E-state index in [9.17, 15) is 9.59 Å². The quantitative estimate of drug-likeness (QED) is 0.199. The number of nitrogens with one attached hydrogen (secondary N) is 1. The number of nitrogens with zero attached hydrogens (tertiary/aromatic N) is 2. The van der Waals surface area contributed by atoms with E-state index in [4.69, 9.17) is 4.74 Å². The average molecular weight is 534 g/mol. The molecule has 0 aliphatic carbocycles. The highest BCUT2D eigenvalue weighted by Gasteiger charge is 2.36. The second-order valence-electron chi connectivity index (χ2n) is 10.4. The predicted molar refractivity (Wildman–Crippen MR) is 160 cm³/mol. The number of anilines is 1. The number of esters is 1. The molecule has 0 radical (unpaired) electrons. The van der Waals surface area contributed by atoms with Crippen molar-refractivity contribution in [1.82, 2.24) is 9.97 Å². The van der Waals surface area contributed by atoms with Crippen LogP contribution in [0.5, 0.6) is 0 Å². The number of fused-ring (bicyclic) bond motifs is 2. The molecule has 0 bridgehead atoms. The van der Waals surface area contributed by atoms with Crippen molar-refractivity contribution in [2.45, 2.75) is 52.2 Å². The molecule has 40 heavy (non-hydrogen) atoms. The van der Waals surface area contributed by atoms with Crippen molar-refractivity contribution in [3.63, 3.8) is 0 Å². The minimum atomic E-state index is -0.863. The van der Waals surface area contributed by atoms with Gasteiger partial charge >= 0.3 is 5.97 Å². The Morgan fingerprint density at radius 2 is 1.60 bits per heavy atom. The number of rotatable bonds is 10. The van der Waals surface area contributed by atoms with Crippen LogP contribution >= 0.6 is 0 Å². The van der Waals surface area contributed by atoms with Crippen LogP contribution in [0.3, 0.4) is 0 Å². The highest BCUT2D eigenvalue weighted by molar-refractivity contribution is 6.02. The normalized spacial score (nSPS) is 13.6. The summed E-state index contributed by atoms with van der Waals surface area (Å²) in [5, 5.41) is 4.33. The fourth-order valence-electron chi connectivity index (χ4n) is 5.16. The molecule has 5 rings (SSSR count). The van der Waals surface area contributed by atoms with Gasteiger partial charge in [0.1, 0.15) is 6.04 Å². The molecule has 6 nitrogen and oxygen atoms in total. The number of hydrogen-bond acceptors (Lipinski definition) is 4. The summed E-state index contributed by atoms with van der Waals surface area (Å²) in [5.74, 6) is -0.949. The van der Waals surface area contributed by atoms with Gasteiger partial charge in [0.05, 0.1) is 12.4 Å². The van der Waals surface area contributed by atoms with Gasteiger partial charge in [-0.2, -0.15) is 0 Å². The van der Waals surface area contributed by atoms with Crippen LogP contribution in [0.25, 0.3) is 21.5 Å². The van der Waals surface area contributed by atoms with Gasteiger partial charge in [-0.3, -0.25) is 9.69 Å². The molecule has 0 aliphatic rings. The van der Waals surface area contributed by atoms with Gasteiger partial charge in [-0.15, -0.1) is 0 Å². The molecule has 4 aromatic carbocycles. The Kier molecular flexibility index (Phi) is 8.25. The first kappa shape index (κ1) is 27.1. The molecule has 0 spiro atoms. The van der Waals surface area contributed by atoms with E-state index in [1.54, 1.807) is 17.4 Å². The maximum Gasteiger partial charge on any atom is 0.329 e. The molecule has 1 N–H and O–H groups in total. The van der Waals surface area contributed by atoms with E-state index in [1.165, 1.54) is 0 Å². The van der Waals surface area contributed by atoms with Crippen molar-refractivity contribution < 1.29 is 14.3 Å². The van der Waals surface area contributed by atoms with Crippen molar-refractivity contribution in [1.29, 1.82) is 0 Å². The Hall–Kier alpha value is -4.45. The number of H-pyrrole nitrogens is 1. The zero-order valence-corrected chi connectivity index (χ0v) is 23.2. The molecule has 1 amide bonds. The third-order valence-corrected chi connectivity index (χ3v) is 7.52. The minimum absolute atomic E-state index is 0.131. The first-order valence-electron chi connectivity index (χ1n) is 13.9. The molecule has 1 heterocycles. The van der Waals surface area contributed by atoms with Gasteiger partial charge in [-0.05, 0) is 59.0 Å². The summed E-state index contributed by atoms with van der Waals surface area (Å²) in [4.78, 5) is 37.1. The van der Waals surface area contributed by atoms with Crippen LogP contribution in [0, 0.1) is 5.92 Å². The van der Waals surface area contributed by atoms with Crippen molar-refractivity contribution in [2.24, 2.45) is 5.92 Å². The number of benzene rings is 4. The molecule has 1 aromatic heterocycles. The zero-order valence-electron chi connectivity index (χ0n) is 23.2. The number of hydrogen-bond donors (Lipinski definition) is 1. The molecule has 0 saturated carbocycles. The lowest BCUT2D eigenvalue weighted by Gasteiger charge is -2.33. The van der Waals surface area contributed by atoms with E-state index in [0.717, 1.165) is 32.8 Å². The summed E-state index contributed by atoms with van der Waals surface area (Å²) in [5.41, 5.74) is 2.52. The van der Waals surface area contributed by atoms with Gasteiger partial charge in [-0.1, -0.05) is 86.6 Å². The lowest BCUT2D eigenvalue weighted by Crippen LogP contribution is -2.50. The molecule has 5 aromatic rings. The Morgan fingerprint density at radius 1 is 0.875 bits per heavy atom. The number of aromatic amines is 1. The molecule has 0 saturated heterocycles. The zero-order chi connectivity index (χ0) is 28.1. The SMILES string of the molecule is CCC(C)OC(=O)[C@H](Cc1cnc[nH]1)N(C(=O)C(C)Cc1cccc2ccccc12)c1ccc2ccccc2c1. The molecule has 2 unspecified atom stereocenters. The molecule has 0 fully saturated rings. The first-order valence-corrected chi connectivity index (χ1v) is 13.9. The molecule has 6 heteroatoms. The lowest BCUT2D eigenvalue weighted by molar-refractivity contribution is -0.151. The lowest BCUT2D eigenvalue weighted by atomic mass is 9.94. The Balaban J connectivity index is 1.56. The standard InChI is InChI=1S/C34H35N3O3/c1-4-24(3)40-34(39)32(20-29-21-35-22-36-29)37(30-17-16-25-10-5-6-12-27(25)19-30)33(38)23(2)18-28-14-9-13-26-11-7-8-15-31(26)28/h5-17,19,21-24,32H,4,18,20H2,1-3H3,(H,35,36)/t23?,24?,32-/m0/s1. The van der Waals surface area contributed by atoms with Crippen LogP contribution in [0.15, 0.2) is 97.5 Å². The van der Waals surface area contributed by atoms with Gasteiger partial charge in [0.15, 0.2) is 0 Å². The number of carbonyl (C=O) groups is 2. The van der Waals surface area contributed by atoms with E-state index < -0.39 is 17.9 Å². The van der Waals surface area contributed by atoms with Crippen molar-refractivity contribution in [3.8, 4) is 0 Å². The Bertz CT molecular complexity index is 1610. The number of imidazole rings is 1. The topological polar surface area (TPSA) is 75.3 Å². The highest BCUT2D eigenvalue weighted by Crippen LogP contribution is 2.29. The second-order valence-corrected chi connectivity index (χ2v) is 10.4. The van der Waals surface area contributed by atoms with E-state index in [0.29, 0.717) is 18.5 Å². The van der Waals surface area contributed by atoms with Crippen LogP contribution in [0.2, 0.25) is 0 Å². The number of carbonyl (C=O) groups excluding carboxylic acids is 2. The van der Waals surface area contributed by atoms with Gasteiger partial charge < -0.3 is 9.72 Å². The second kappa shape index (κ2) is 12.2. The van der Waals surface area contributed by atoms with Gasteiger partial charge in [-0.25, -0.2) is 9.78 Å². The third-order valence-electron chi connectivity index (χ3n) is 7.52. The van der Waals surface area contributed by atoms with Crippen LogP contribution in [0.1, 0.15) is 38.4 Å². The number of aromatic nitrogens is 2. The largest absolute Gasteiger partial charge is 0.461 e. The molecule has 3 atom stereocenters. The smallest absolute Gasteiger partial charge is 0.329 e. The van der Waals surface area contributed by atoms with E-state index in [1.807, 2.05) is 81.4 Å². The summed E-state index contributed by atoms with van der Waals surface area (Å²) in [7, 11) is 0. The Morgan fingerprint density at radius 3 is 2.35 bits per heavy atom. The highest BCUT2D eigenvalue weighted by atomic mass is 16.5. The van der Waals surface area contributed by atoms with E-state index in [2.05, 4.69) is 34.2 Å². The van der Waals surface area contributed by atoms with Crippen molar-refractivity contribution in [3.05, 3.63) is 109 Å². The average Bonchev–Trinajstić information content (AvgIpc) is 3.50. The van der Waals surface area contributed by atoms with Gasteiger partial charge in [0.2, 0.25) is 5.91 Å². The van der Waals surface area contributed by atoms with Crippen LogP contribution in [0.4, 0.5) is 5.69 Å². The number of ether oxygens (including phenoxy) is 1. The van der Waals surface area contributed by atoms with Crippen molar-refractivity contribution in [2.75, 3.05) is 4.90 Å². The maximum absolute atomic E-state index is 14.4. The summed E-state index contributed by atoms with van der Waals surface area (Å²) < 4.78 is 5.84. The van der Waals surface area contributed by atoms with Gasteiger partial charge in [0, 0.05) is 29.9 Å². The minimum Gasteiger partial charge on any atom is -0.461 e. The molecule has 0 aliphatic heterocycles. The van der Waals surface area contributed by atoms with Gasteiger partial charge in [0.25, 0.3) is 0 Å². The third kappa shape index (κ3) is 5.91. The maximum atomic E-state index is 14.4. The summed E-state index contributed by atoms with van der Waals surface area (Å²) in [6.07, 6.45) is 4.49. The fraction of sp³-hybridized carbons (Fsp3) is 0.265. The Labute approximate surface area is 235 Å². The molecular weight excluding hydrogens is 498 g/mol. The summed E-state index contributed by atoms with van der Waals surface area (Å²) >= 11 is 0. The molecular formula is C34H35N3O3.